The molecule has 0 spiro atoms. The van der Waals surface area contributed by atoms with Crippen LogP contribution in [0.1, 0.15) is 25.3 Å². The van der Waals surface area contributed by atoms with E-state index < -0.39 is 10.0 Å². The van der Waals surface area contributed by atoms with Crippen LogP contribution in [0.3, 0.4) is 0 Å². The molecule has 5 nitrogen and oxygen atoms in total. The summed E-state index contributed by atoms with van der Waals surface area (Å²) in [5.74, 6) is 0.966. The highest BCUT2D eigenvalue weighted by Crippen LogP contribution is 2.31. The van der Waals surface area contributed by atoms with Crippen molar-refractivity contribution in [1.82, 2.24) is 0 Å². The fourth-order valence-corrected chi connectivity index (χ4v) is 3.47. The minimum Gasteiger partial charge on any atom is -0.495 e. The van der Waals surface area contributed by atoms with Crippen molar-refractivity contribution in [2.75, 3.05) is 18.9 Å². The van der Waals surface area contributed by atoms with Crippen LogP contribution in [0.2, 0.25) is 0 Å². The fraction of sp³-hybridized carbons (Fsp3) is 0.294. The molecule has 0 fully saturated rings. The van der Waals surface area contributed by atoms with Gasteiger partial charge in [0.15, 0.2) is 0 Å². The Labute approximate surface area is 137 Å². The van der Waals surface area contributed by atoms with Gasteiger partial charge in [-0.25, -0.2) is 8.42 Å². The number of nitrogens with one attached hydrogen (secondary N) is 1. The molecule has 2 rings (SSSR count). The molecule has 0 saturated carbocycles. The average Bonchev–Trinajstić information content (AvgIpc) is 2.54. The van der Waals surface area contributed by atoms with Gasteiger partial charge in [-0.1, -0.05) is 32.0 Å². The molecule has 0 unspecified atom stereocenters. The zero-order chi connectivity index (χ0) is 17.0. The summed E-state index contributed by atoms with van der Waals surface area (Å²) >= 11 is 0. The second kappa shape index (κ2) is 6.91. The zero-order valence-electron chi connectivity index (χ0n) is 13.7. The molecule has 0 bridgehead atoms. The van der Waals surface area contributed by atoms with Gasteiger partial charge < -0.3 is 9.47 Å². The van der Waals surface area contributed by atoms with E-state index in [-0.39, 0.29) is 10.8 Å². The van der Waals surface area contributed by atoms with Crippen molar-refractivity contribution in [2.45, 2.75) is 24.7 Å². The van der Waals surface area contributed by atoms with Crippen molar-refractivity contribution in [2.24, 2.45) is 0 Å². The first-order valence-corrected chi connectivity index (χ1v) is 8.71. The van der Waals surface area contributed by atoms with E-state index in [2.05, 4.69) is 4.72 Å². The van der Waals surface area contributed by atoms with Crippen LogP contribution in [0.4, 0.5) is 5.69 Å². The van der Waals surface area contributed by atoms with Crippen molar-refractivity contribution in [3.63, 3.8) is 0 Å². The molecule has 6 heteroatoms. The first-order valence-electron chi connectivity index (χ1n) is 7.23. The number of rotatable bonds is 6. The van der Waals surface area contributed by atoms with E-state index in [9.17, 15) is 8.42 Å². The van der Waals surface area contributed by atoms with Crippen LogP contribution in [0, 0.1) is 0 Å². The number of sulfonamides is 1. The number of hydrogen-bond acceptors (Lipinski definition) is 4. The monoisotopic (exact) mass is 335 g/mol. The van der Waals surface area contributed by atoms with Gasteiger partial charge >= 0.3 is 0 Å². The third-order valence-corrected chi connectivity index (χ3v) is 4.88. The Morgan fingerprint density at radius 3 is 2.22 bits per heavy atom. The summed E-state index contributed by atoms with van der Waals surface area (Å²) < 4.78 is 38.5. The summed E-state index contributed by atoms with van der Waals surface area (Å²) in [7, 11) is -0.856. The molecule has 0 aromatic heterocycles. The maximum atomic E-state index is 12.8. The maximum Gasteiger partial charge on any atom is 0.265 e. The Kier molecular flexibility index (Phi) is 5.15. The van der Waals surface area contributed by atoms with Crippen LogP contribution < -0.4 is 14.2 Å². The van der Waals surface area contributed by atoms with Crippen LogP contribution in [-0.4, -0.2) is 22.6 Å². The molecule has 0 aliphatic rings. The smallest absolute Gasteiger partial charge is 0.265 e. The summed E-state index contributed by atoms with van der Waals surface area (Å²) in [6.45, 7) is 4.01. The number of benzene rings is 2. The Hall–Kier alpha value is -2.21. The summed E-state index contributed by atoms with van der Waals surface area (Å²) in [6, 6.07) is 12.0. The molecule has 0 atom stereocenters. The van der Waals surface area contributed by atoms with E-state index in [0.29, 0.717) is 17.2 Å². The number of anilines is 1. The third kappa shape index (κ3) is 3.76. The number of ether oxygens (including phenoxy) is 2. The maximum absolute atomic E-state index is 12.8. The molecule has 0 saturated heterocycles. The van der Waals surface area contributed by atoms with Gasteiger partial charge in [-0.05, 0) is 35.7 Å². The van der Waals surface area contributed by atoms with E-state index >= 15 is 0 Å². The Bertz CT molecular complexity index is 785. The number of hydrogen-bond donors (Lipinski definition) is 1. The molecule has 2 aromatic rings. The van der Waals surface area contributed by atoms with Crippen molar-refractivity contribution in [1.29, 1.82) is 0 Å². The first kappa shape index (κ1) is 17.1. The molecule has 124 valence electrons. The second-order valence-corrected chi connectivity index (χ2v) is 7.02. The summed E-state index contributed by atoms with van der Waals surface area (Å²) in [4.78, 5) is 0.108. The Balaban J connectivity index is 2.48. The van der Waals surface area contributed by atoms with E-state index in [1.165, 1.54) is 14.2 Å². The van der Waals surface area contributed by atoms with Crippen LogP contribution in [0.25, 0.3) is 0 Å². The molecule has 0 radical (unpaired) electrons. The lowest BCUT2D eigenvalue weighted by atomic mass is 10.0. The summed E-state index contributed by atoms with van der Waals surface area (Å²) in [6.07, 6.45) is 0. The highest BCUT2D eigenvalue weighted by Gasteiger charge is 2.22. The summed E-state index contributed by atoms with van der Waals surface area (Å²) in [5.41, 5.74) is 1.30. The minimum atomic E-state index is -3.80. The molecule has 2 aromatic carbocycles. The number of methoxy groups -OCH3 is 2. The van der Waals surface area contributed by atoms with Crippen molar-refractivity contribution < 1.29 is 17.9 Å². The summed E-state index contributed by atoms with van der Waals surface area (Å²) in [5, 5.41) is 0. The van der Waals surface area contributed by atoms with Crippen molar-refractivity contribution >= 4 is 15.7 Å². The van der Waals surface area contributed by atoms with Crippen LogP contribution >= 0.6 is 0 Å². The lowest BCUT2D eigenvalue weighted by molar-refractivity contribution is 0.402. The van der Waals surface area contributed by atoms with Crippen LogP contribution in [-0.2, 0) is 10.0 Å². The fourth-order valence-electron chi connectivity index (χ4n) is 2.19. The van der Waals surface area contributed by atoms with Crippen molar-refractivity contribution in [3.05, 3.63) is 48.0 Å². The van der Waals surface area contributed by atoms with Crippen LogP contribution in [0.5, 0.6) is 11.5 Å². The standard InChI is InChI=1S/C17H21NO4S/c1-12(2)13-9-10-16(22-4)17(11-13)23(19,20)18-14-7-5-6-8-15(14)21-3/h5-12,18H,1-4H3. The molecule has 23 heavy (non-hydrogen) atoms. The zero-order valence-corrected chi connectivity index (χ0v) is 14.5. The molecule has 0 heterocycles. The normalized spacial score (nSPS) is 11.3. The largest absolute Gasteiger partial charge is 0.495 e. The topological polar surface area (TPSA) is 64.6 Å². The Morgan fingerprint density at radius 1 is 0.957 bits per heavy atom. The van der Waals surface area contributed by atoms with Gasteiger partial charge in [0.05, 0.1) is 19.9 Å². The van der Waals surface area contributed by atoms with Gasteiger partial charge in [-0.15, -0.1) is 0 Å². The van der Waals surface area contributed by atoms with Gasteiger partial charge in [0, 0.05) is 0 Å². The molecular weight excluding hydrogens is 314 g/mol. The highest BCUT2D eigenvalue weighted by molar-refractivity contribution is 7.92. The van der Waals surface area contributed by atoms with Gasteiger partial charge in [-0.3, -0.25) is 4.72 Å². The molecule has 0 aliphatic carbocycles. The lowest BCUT2D eigenvalue weighted by Crippen LogP contribution is -2.15. The molecule has 0 amide bonds. The predicted molar refractivity (Wildman–Crippen MR) is 90.9 cm³/mol. The third-order valence-electron chi connectivity index (χ3n) is 3.50. The van der Waals surface area contributed by atoms with E-state index in [4.69, 9.17) is 9.47 Å². The van der Waals surface area contributed by atoms with Crippen molar-refractivity contribution in [3.8, 4) is 11.5 Å². The van der Waals surface area contributed by atoms with Gasteiger partial charge in [-0.2, -0.15) is 0 Å². The van der Waals surface area contributed by atoms with Gasteiger partial charge in [0.2, 0.25) is 0 Å². The predicted octanol–water partition coefficient (Wildman–Crippen LogP) is 3.63. The van der Waals surface area contributed by atoms with Gasteiger partial charge in [0.25, 0.3) is 10.0 Å². The van der Waals surface area contributed by atoms with E-state index in [1.807, 2.05) is 19.9 Å². The van der Waals surface area contributed by atoms with E-state index in [0.717, 1.165) is 5.56 Å². The quantitative estimate of drug-likeness (QED) is 0.875. The SMILES string of the molecule is COc1ccccc1NS(=O)(=O)c1cc(C(C)C)ccc1OC. The van der Waals surface area contributed by atoms with Gasteiger partial charge in [0.1, 0.15) is 16.4 Å². The molecule has 1 N–H and O–H groups in total. The highest BCUT2D eigenvalue weighted by atomic mass is 32.2. The van der Waals surface area contributed by atoms with Crippen LogP contribution in [0.15, 0.2) is 47.4 Å². The average molecular weight is 335 g/mol. The molecular formula is C17H21NO4S. The minimum absolute atomic E-state index is 0.108. The first-order chi connectivity index (χ1) is 10.9. The Morgan fingerprint density at radius 2 is 1.61 bits per heavy atom. The molecule has 0 aliphatic heterocycles. The second-order valence-electron chi connectivity index (χ2n) is 5.37. The van der Waals surface area contributed by atoms with E-state index in [1.54, 1.807) is 36.4 Å². The lowest BCUT2D eigenvalue weighted by Gasteiger charge is -2.15. The number of para-hydroxylation sites is 2.